The Balaban J connectivity index is 1.98. The highest BCUT2D eigenvalue weighted by atomic mass is 32.1. The van der Waals surface area contributed by atoms with Gasteiger partial charge in [-0.15, -0.1) is 11.3 Å². The van der Waals surface area contributed by atoms with Crippen LogP contribution < -0.4 is 11.1 Å². The highest BCUT2D eigenvalue weighted by Gasteiger charge is 2.28. The normalized spacial score (nSPS) is 18.3. The van der Waals surface area contributed by atoms with Crippen molar-refractivity contribution in [3.8, 4) is 0 Å². The van der Waals surface area contributed by atoms with Gasteiger partial charge in [-0.05, 0) is 38.8 Å². The molecular formula is C14H19N3S. The van der Waals surface area contributed by atoms with Gasteiger partial charge >= 0.3 is 0 Å². The lowest BCUT2D eigenvalue weighted by Gasteiger charge is -2.27. The van der Waals surface area contributed by atoms with E-state index in [4.69, 9.17) is 5.73 Å². The molecule has 0 bridgehead atoms. The minimum atomic E-state index is 0.201. The first kappa shape index (κ1) is 11.8. The number of benzene rings is 1. The van der Waals surface area contributed by atoms with E-state index in [2.05, 4.69) is 23.3 Å². The Morgan fingerprint density at radius 3 is 2.78 bits per heavy atom. The topological polar surface area (TPSA) is 50.9 Å². The third-order valence-corrected chi connectivity index (χ3v) is 4.74. The van der Waals surface area contributed by atoms with Gasteiger partial charge in [-0.25, -0.2) is 4.98 Å². The number of nitrogens with one attached hydrogen (secondary N) is 1. The number of nitrogen functional groups attached to an aromatic ring is 1. The zero-order valence-corrected chi connectivity index (χ0v) is 11.7. The van der Waals surface area contributed by atoms with Crippen molar-refractivity contribution in [2.45, 2.75) is 45.1 Å². The predicted molar refractivity (Wildman–Crippen MR) is 79.3 cm³/mol. The molecule has 96 valence electrons. The van der Waals surface area contributed by atoms with Crippen LogP contribution in [0.4, 0.5) is 11.4 Å². The van der Waals surface area contributed by atoms with E-state index in [1.54, 1.807) is 11.3 Å². The molecule has 0 unspecified atom stereocenters. The van der Waals surface area contributed by atoms with Gasteiger partial charge in [-0.1, -0.05) is 12.8 Å². The zero-order valence-electron chi connectivity index (χ0n) is 10.9. The minimum Gasteiger partial charge on any atom is -0.397 e. The molecule has 1 heterocycles. The monoisotopic (exact) mass is 261 g/mol. The van der Waals surface area contributed by atoms with Gasteiger partial charge in [-0.3, -0.25) is 0 Å². The maximum atomic E-state index is 6.15. The SMILES string of the molecule is Cc1nc2cc(NC3(C)CCCC3)c(N)cc2s1. The van der Waals surface area contributed by atoms with Gasteiger partial charge in [0.05, 0.1) is 26.6 Å². The molecule has 1 aliphatic carbocycles. The Morgan fingerprint density at radius 1 is 1.33 bits per heavy atom. The van der Waals surface area contributed by atoms with E-state index in [0.717, 1.165) is 21.9 Å². The van der Waals surface area contributed by atoms with E-state index in [1.807, 2.05) is 13.0 Å². The quantitative estimate of drug-likeness (QED) is 0.805. The van der Waals surface area contributed by atoms with Crippen molar-refractivity contribution >= 4 is 32.9 Å². The summed E-state index contributed by atoms with van der Waals surface area (Å²) in [7, 11) is 0. The van der Waals surface area contributed by atoms with Crippen LogP contribution in [0.2, 0.25) is 0 Å². The van der Waals surface area contributed by atoms with Crippen LogP contribution in [0.15, 0.2) is 12.1 Å². The zero-order chi connectivity index (χ0) is 12.8. The number of rotatable bonds is 2. The Morgan fingerprint density at radius 2 is 2.06 bits per heavy atom. The largest absolute Gasteiger partial charge is 0.397 e. The second-order valence-electron chi connectivity index (χ2n) is 5.53. The molecule has 1 aromatic carbocycles. The molecule has 0 amide bonds. The lowest BCUT2D eigenvalue weighted by atomic mass is 10.00. The summed E-state index contributed by atoms with van der Waals surface area (Å²) >= 11 is 1.70. The molecule has 0 aliphatic heterocycles. The molecule has 0 saturated heterocycles. The number of nitrogens with zero attached hydrogens (tertiary/aromatic N) is 1. The smallest absolute Gasteiger partial charge is 0.0907 e. The third kappa shape index (κ3) is 2.05. The fraction of sp³-hybridized carbons (Fsp3) is 0.500. The van der Waals surface area contributed by atoms with Crippen molar-refractivity contribution in [2.24, 2.45) is 0 Å². The number of aromatic nitrogens is 1. The number of fused-ring (bicyclic) bond motifs is 1. The van der Waals surface area contributed by atoms with E-state index >= 15 is 0 Å². The van der Waals surface area contributed by atoms with Crippen molar-refractivity contribution in [2.75, 3.05) is 11.1 Å². The molecule has 1 aromatic heterocycles. The number of hydrogen-bond acceptors (Lipinski definition) is 4. The molecule has 3 N–H and O–H groups in total. The second kappa shape index (κ2) is 4.12. The first-order valence-corrected chi connectivity index (χ1v) is 7.32. The van der Waals surface area contributed by atoms with Gasteiger partial charge in [0, 0.05) is 5.54 Å². The highest BCUT2D eigenvalue weighted by Crippen LogP contribution is 2.36. The predicted octanol–water partition coefficient (Wildman–Crippen LogP) is 3.93. The van der Waals surface area contributed by atoms with Crippen molar-refractivity contribution in [3.63, 3.8) is 0 Å². The average molecular weight is 261 g/mol. The van der Waals surface area contributed by atoms with E-state index in [9.17, 15) is 0 Å². The highest BCUT2D eigenvalue weighted by molar-refractivity contribution is 7.18. The number of nitrogens with two attached hydrogens (primary N) is 1. The van der Waals surface area contributed by atoms with Crippen LogP contribution in [0.1, 0.15) is 37.6 Å². The van der Waals surface area contributed by atoms with Crippen LogP contribution in [0.3, 0.4) is 0 Å². The van der Waals surface area contributed by atoms with Gasteiger partial charge in [0.1, 0.15) is 0 Å². The molecule has 1 saturated carbocycles. The fourth-order valence-electron chi connectivity index (χ4n) is 2.82. The summed E-state index contributed by atoms with van der Waals surface area (Å²) in [5, 5.41) is 4.72. The number of aryl methyl sites for hydroxylation is 1. The van der Waals surface area contributed by atoms with Gasteiger partial charge in [0.15, 0.2) is 0 Å². The summed E-state index contributed by atoms with van der Waals surface area (Å²) in [6.45, 7) is 4.32. The van der Waals surface area contributed by atoms with Crippen molar-refractivity contribution in [1.82, 2.24) is 4.98 Å². The number of hydrogen-bond donors (Lipinski definition) is 2. The van der Waals surface area contributed by atoms with Crippen LogP contribution in [-0.4, -0.2) is 10.5 Å². The molecule has 2 aromatic rings. The number of anilines is 2. The third-order valence-electron chi connectivity index (χ3n) is 3.81. The molecule has 3 nitrogen and oxygen atoms in total. The van der Waals surface area contributed by atoms with E-state index in [1.165, 1.54) is 30.4 Å². The van der Waals surface area contributed by atoms with E-state index < -0.39 is 0 Å². The van der Waals surface area contributed by atoms with Gasteiger partial charge in [0.2, 0.25) is 0 Å². The van der Waals surface area contributed by atoms with Crippen LogP contribution in [0, 0.1) is 6.92 Å². The summed E-state index contributed by atoms with van der Waals surface area (Å²) in [6, 6.07) is 4.14. The summed E-state index contributed by atoms with van der Waals surface area (Å²) in [4.78, 5) is 4.54. The summed E-state index contributed by atoms with van der Waals surface area (Å²) < 4.78 is 1.17. The fourth-order valence-corrected chi connectivity index (χ4v) is 3.68. The van der Waals surface area contributed by atoms with Gasteiger partial charge in [0.25, 0.3) is 0 Å². The average Bonchev–Trinajstić information content (AvgIpc) is 2.85. The lowest BCUT2D eigenvalue weighted by Crippen LogP contribution is -2.31. The molecule has 0 spiro atoms. The first-order chi connectivity index (χ1) is 8.56. The molecule has 1 aliphatic rings. The Kier molecular flexibility index (Phi) is 2.70. The van der Waals surface area contributed by atoms with Crippen molar-refractivity contribution in [3.05, 3.63) is 17.1 Å². The van der Waals surface area contributed by atoms with Crippen LogP contribution in [0.25, 0.3) is 10.2 Å². The van der Waals surface area contributed by atoms with Gasteiger partial charge < -0.3 is 11.1 Å². The lowest BCUT2D eigenvalue weighted by molar-refractivity contribution is 0.534. The second-order valence-corrected chi connectivity index (χ2v) is 6.77. The Bertz CT molecular complexity index is 582. The van der Waals surface area contributed by atoms with Crippen LogP contribution >= 0.6 is 11.3 Å². The van der Waals surface area contributed by atoms with Gasteiger partial charge in [-0.2, -0.15) is 0 Å². The maximum Gasteiger partial charge on any atom is 0.0907 e. The number of thiazole rings is 1. The summed E-state index contributed by atoms with van der Waals surface area (Å²) in [5.41, 5.74) is 9.27. The summed E-state index contributed by atoms with van der Waals surface area (Å²) in [6.07, 6.45) is 5.06. The minimum absolute atomic E-state index is 0.201. The standard InChI is InChI=1S/C14H19N3S/c1-9-16-12-8-11(10(15)7-13(12)18-9)17-14(2)5-3-4-6-14/h7-8,17H,3-6,15H2,1-2H3. The van der Waals surface area contributed by atoms with Crippen molar-refractivity contribution < 1.29 is 0 Å². The molecular weight excluding hydrogens is 242 g/mol. The van der Waals surface area contributed by atoms with E-state index in [0.29, 0.717) is 0 Å². The molecule has 18 heavy (non-hydrogen) atoms. The molecule has 3 rings (SSSR count). The van der Waals surface area contributed by atoms with E-state index in [-0.39, 0.29) is 5.54 Å². The molecule has 0 radical (unpaired) electrons. The van der Waals surface area contributed by atoms with Crippen molar-refractivity contribution in [1.29, 1.82) is 0 Å². The first-order valence-electron chi connectivity index (χ1n) is 6.51. The van der Waals surface area contributed by atoms with Crippen LogP contribution in [0.5, 0.6) is 0 Å². The molecule has 0 atom stereocenters. The Labute approximate surface area is 111 Å². The molecule has 4 heteroatoms. The summed E-state index contributed by atoms with van der Waals surface area (Å²) in [5.74, 6) is 0. The molecule has 1 fully saturated rings. The Hall–Kier alpha value is -1.29. The van der Waals surface area contributed by atoms with Crippen LogP contribution in [-0.2, 0) is 0 Å². The maximum absolute atomic E-state index is 6.15.